The molecule has 1 aliphatic rings. The highest BCUT2D eigenvalue weighted by Gasteiger charge is 2.23. The zero-order chi connectivity index (χ0) is 19.8. The largest absolute Gasteiger partial charge is 0.365 e. The molecule has 0 aliphatic carbocycles. The van der Waals surface area contributed by atoms with Gasteiger partial charge in [-0.05, 0) is 31.0 Å². The van der Waals surface area contributed by atoms with Gasteiger partial charge in [0.15, 0.2) is 0 Å². The van der Waals surface area contributed by atoms with Crippen LogP contribution in [0, 0.1) is 12.7 Å². The zero-order valence-corrected chi connectivity index (χ0v) is 16.5. The third-order valence-electron chi connectivity index (χ3n) is 5.71. The number of aryl methyl sites for hydroxylation is 3. The van der Waals surface area contributed by atoms with Crippen molar-refractivity contribution in [1.82, 2.24) is 14.5 Å². The van der Waals surface area contributed by atoms with Crippen LogP contribution < -0.4 is 4.90 Å². The summed E-state index contributed by atoms with van der Waals surface area (Å²) in [6.45, 7) is 4.49. The fraction of sp³-hybridized carbons (Fsp3) is 0.250. The van der Waals surface area contributed by atoms with Crippen molar-refractivity contribution >= 4 is 16.6 Å². The maximum Gasteiger partial charge on any atom is 0.149 e. The van der Waals surface area contributed by atoms with Crippen LogP contribution in [0.4, 0.5) is 10.1 Å². The van der Waals surface area contributed by atoms with Crippen molar-refractivity contribution in [2.24, 2.45) is 0 Å². The van der Waals surface area contributed by atoms with Gasteiger partial charge in [0.05, 0.1) is 18.6 Å². The molecule has 0 spiro atoms. The van der Waals surface area contributed by atoms with Crippen LogP contribution in [0.1, 0.15) is 22.6 Å². The predicted molar refractivity (Wildman–Crippen MR) is 114 cm³/mol. The Morgan fingerprint density at radius 3 is 2.79 bits per heavy atom. The van der Waals surface area contributed by atoms with E-state index in [2.05, 4.69) is 44.8 Å². The molecule has 2 aromatic heterocycles. The van der Waals surface area contributed by atoms with E-state index in [1.807, 2.05) is 25.4 Å². The fourth-order valence-corrected chi connectivity index (χ4v) is 4.24. The van der Waals surface area contributed by atoms with Crippen LogP contribution in [-0.4, -0.2) is 21.1 Å². The van der Waals surface area contributed by atoms with Crippen LogP contribution in [0.25, 0.3) is 10.9 Å². The number of para-hydroxylation sites is 1. The smallest absolute Gasteiger partial charge is 0.149 e. The summed E-state index contributed by atoms with van der Waals surface area (Å²) in [5.74, 6) is -0.268. The Morgan fingerprint density at radius 2 is 1.93 bits per heavy atom. The van der Waals surface area contributed by atoms with Crippen molar-refractivity contribution in [1.29, 1.82) is 0 Å². The monoisotopic (exact) mass is 386 g/mol. The molecule has 0 saturated heterocycles. The normalized spacial score (nSPS) is 13.7. The molecule has 4 aromatic rings. The third kappa shape index (κ3) is 3.37. The number of imidazole rings is 1. The number of rotatable bonds is 4. The van der Waals surface area contributed by atoms with Gasteiger partial charge in [0.2, 0.25) is 0 Å². The number of anilines is 1. The van der Waals surface area contributed by atoms with E-state index >= 15 is 0 Å². The lowest BCUT2D eigenvalue weighted by Gasteiger charge is -2.30. The summed E-state index contributed by atoms with van der Waals surface area (Å²) in [6, 6.07) is 17.8. The second-order valence-electron chi connectivity index (χ2n) is 7.66. The standard InChI is InChI=1S/C24H23FN4/c1-17-14-23(19-8-5-9-20(25)24(19)27-17)28-13-11-22-21(15-28)26-16-29(22)12-10-18-6-3-2-4-7-18/h2-9,14,16H,10-13,15H2,1H3. The van der Waals surface area contributed by atoms with Crippen molar-refractivity contribution < 1.29 is 4.39 Å². The van der Waals surface area contributed by atoms with E-state index in [0.29, 0.717) is 5.52 Å². The van der Waals surface area contributed by atoms with Crippen LogP contribution in [0.2, 0.25) is 0 Å². The fourth-order valence-electron chi connectivity index (χ4n) is 4.24. The number of pyridine rings is 1. The first-order chi connectivity index (χ1) is 14.2. The number of fused-ring (bicyclic) bond motifs is 2. The minimum absolute atomic E-state index is 0.268. The lowest BCUT2D eigenvalue weighted by atomic mass is 10.1. The molecule has 2 aromatic carbocycles. The molecule has 0 atom stereocenters. The molecule has 0 bridgehead atoms. The molecule has 0 radical (unpaired) electrons. The lowest BCUT2D eigenvalue weighted by Crippen LogP contribution is -2.31. The van der Waals surface area contributed by atoms with Crippen LogP contribution in [0.5, 0.6) is 0 Å². The van der Waals surface area contributed by atoms with Gasteiger partial charge in [-0.25, -0.2) is 14.4 Å². The molecule has 29 heavy (non-hydrogen) atoms. The zero-order valence-electron chi connectivity index (χ0n) is 16.5. The minimum atomic E-state index is -0.268. The summed E-state index contributed by atoms with van der Waals surface area (Å²) in [5, 5.41) is 0.863. The number of nitrogens with zero attached hydrogens (tertiary/aromatic N) is 4. The number of hydrogen-bond acceptors (Lipinski definition) is 3. The highest BCUT2D eigenvalue weighted by atomic mass is 19.1. The molecule has 146 valence electrons. The van der Waals surface area contributed by atoms with Gasteiger partial charge in [0, 0.05) is 42.0 Å². The number of aromatic nitrogens is 3. The number of halogens is 1. The molecular weight excluding hydrogens is 363 g/mol. The quantitative estimate of drug-likeness (QED) is 0.510. The Bertz CT molecular complexity index is 1170. The molecule has 0 N–H and O–H groups in total. The van der Waals surface area contributed by atoms with Crippen LogP contribution in [0.3, 0.4) is 0 Å². The molecular formula is C24H23FN4. The first kappa shape index (κ1) is 17.9. The van der Waals surface area contributed by atoms with Crippen LogP contribution >= 0.6 is 0 Å². The van der Waals surface area contributed by atoms with Gasteiger partial charge in [-0.15, -0.1) is 0 Å². The topological polar surface area (TPSA) is 34.0 Å². The van der Waals surface area contributed by atoms with Gasteiger partial charge in [-0.3, -0.25) is 0 Å². The maximum absolute atomic E-state index is 14.3. The average Bonchev–Trinajstić information content (AvgIpc) is 3.15. The molecule has 3 heterocycles. The molecule has 5 rings (SSSR count). The highest BCUT2D eigenvalue weighted by Crippen LogP contribution is 2.31. The summed E-state index contributed by atoms with van der Waals surface area (Å²) >= 11 is 0. The van der Waals surface area contributed by atoms with E-state index in [9.17, 15) is 4.39 Å². The summed E-state index contributed by atoms with van der Waals surface area (Å²) in [5.41, 5.74) is 6.09. The summed E-state index contributed by atoms with van der Waals surface area (Å²) in [6.07, 6.45) is 3.90. The maximum atomic E-state index is 14.3. The summed E-state index contributed by atoms with van der Waals surface area (Å²) in [4.78, 5) is 11.4. The Balaban J connectivity index is 1.41. The second-order valence-corrected chi connectivity index (χ2v) is 7.66. The van der Waals surface area contributed by atoms with Gasteiger partial charge in [-0.2, -0.15) is 0 Å². The van der Waals surface area contributed by atoms with E-state index in [0.717, 1.165) is 54.9 Å². The van der Waals surface area contributed by atoms with E-state index in [4.69, 9.17) is 4.98 Å². The number of benzene rings is 2. The molecule has 5 heteroatoms. The Kier molecular flexibility index (Phi) is 4.51. The Morgan fingerprint density at radius 1 is 1.07 bits per heavy atom. The SMILES string of the molecule is Cc1cc(N2CCc3c(ncn3CCc3ccccc3)C2)c2cccc(F)c2n1. The minimum Gasteiger partial charge on any atom is -0.365 e. The Labute approximate surface area is 169 Å². The van der Waals surface area contributed by atoms with Crippen molar-refractivity contribution in [3.8, 4) is 0 Å². The van der Waals surface area contributed by atoms with Gasteiger partial charge in [-0.1, -0.05) is 42.5 Å². The molecule has 0 amide bonds. The van der Waals surface area contributed by atoms with Gasteiger partial charge in [0.25, 0.3) is 0 Å². The molecule has 4 nitrogen and oxygen atoms in total. The van der Waals surface area contributed by atoms with Crippen molar-refractivity contribution in [2.75, 3.05) is 11.4 Å². The van der Waals surface area contributed by atoms with Crippen LogP contribution in [0.15, 0.2) is 60.9 Å². The van der Waals surface area contributed by atoms with E-state index < -0.39 is 0 Å². The van der Waals surface area contributed by atoms with Crippen molar-refractivity contribution in [3.63, 3.8) is 0 Å². The molecule has 0 fully saturated rings. The van der Waals surface area contributed by atoms with Crippen molar-refractivity contribution in [2.45, 2.75) is 32.9 Å². The first-order valence-corrected chi connectivity index (χ1v) is 10.1. The van der Waals surface area contributed by atoms with Crippen LogP contribution in [-0.2, 0) is 25.9 Å². The van der Waals surface area contributed by atoms with E-state index in [1.165, 1.54) is 17.3 Å². The lowest BCUT2D eigenvalue weighted by molar-refractivity contribution is 0.625. The van der Waals surface area contributed by atoms with Gasteiger partial charge in [0.1, 0.15) is 11.3 Å². The van der Waals surface area contributed by atoms with E-state index in [1.54, 1.807) is 6.07 Å². The third-order valence-corrected chi connectivity index (χ3v) is 5.71. The highest BCUT2D eigenvalue weighted by molar-refractivity contribution is 5.92. The van der Waals surface area contributed by atoms with Crippen molar-refractivity contribution in [3.05, 3.63) is 89.4 Å². The van der Waals surface area contributed by atoms with Gasteiger partial charge < -0.3 is 9.47 Å². The number of hydrogen-bond donors (Lipinski definition) is 0. The van der Waals surface area contributed by atoms with E-state index in [-0.39, 0.29) is 5.82 Å². The first-order valence-electron chi connectivity index (χ1n) is 10.1. The molecule has 1 aliphatic heterocycles. The molecule has 0 unspecified atom stereocenters. The predicted octanol–water partition coefficient (Wildman–Crippen LogP) is 4.68. The summed E-state index contributed by atoms with van der Waals surface area (Å²) < 4.78 is 16.6. The Hall–Kier alpha value is -3.21. The summed E-state index contributed by atoms with van der Waals surface area (Å²) in [7, 11) is 0. The average molecular weight is 386 g/mol. The van der Waals surface area contributed by atoms with Gasteiger partial charge >= 0.3 is 0 Å². The second kappa shape index (κ2) is 7.32. The molecule has 0 saturated carbocycles.